The number of rotatable bonds is 8. The maximum Gasteiger partial charge on any atom is 0.224 e. The first-order valence-electron chi connectivity index (χ1n) is 9.38. The van der Waals surface area contributed by atoms with E-state index in [4.69, 9.17) is 5.73 Å². The predicted molar refractivity (Wildman–Crippen MR) is 99.6 cm³/mol. The van der Waals surface area contributed by atoms with E-state index >= 15 is 0 Å². The van der Waals surface area contributed by atoms with Crippen LogP contribution in [0.5, 0.6) is 0 Å². The molecule has 1 saturated heterocycles. The number of carbonyl (C=O) groups excluding carboxylic acids is 1. The number of hydrogen-bond acceptors (Lipinski definition) is 3. The summed E-state index contributed by atoms with van der Waals surface area (Å²) in [5.41, 5.74) is 7.23. The summed E-state index contributed by atoms with van der Waals surface area (Å²) in [7, 11) is 0. The Hall–Kier alpha value is -1.39. The quantitative estimate of drug-likeness (QED) is 0.720. The Morgan fingerprint density at radius 3 is 2.79 bits per heavy atom. The van der Waals surface area contributed by atoms with Crippen LogP contribution in [0, 0.1) is 11.8 Å². The number of piperidine rings is 1. The fourth-order valence-corrected chi connectivity index (χ4v) is 3.45. The molecule has 1 amide bonds. The lowest BCUT2D eigenvalue weighted by atomic mass is 9.94. The molecule has 1 aromatic rings. The van der Waals surface area contributed by atoms with E-state index in [0.717, 1.165) is 37.4 Å². The van der Waals surface area contributed by atoms with Crippen molar-refractivity contribution in [2.75, 3.05) is 26.2 Å². The number of nitrogens with zero attached hydrogens (tertiary/aromatic N) is 1. The van der Waals surface area contributed by atoms with Gasteiger partial charge in [-0.2, -0.15) is 0 Å². The molecule has 0 spiro atoms. The van der Waals surface area contributed by atoms with Crippen molar-refractivity contribution in [2.24, 2.45) is 17.6 Å². The smallest absolute Gasteiger partial charge is 0.224 e. The van der Waals surface area contributed by atoms with Gasteiger partial charge in [0.25, 0.3) is 0 Å². The van der Waals surface area contributed by atoms with Crippen LogP contribution in [0.3, 0.4) is 0 Å². The second-order valence-electron chi connectivity index (χ2n) is 7.27. The molecule has 0 radical (unpaired) electrons. The summed E-state index contributed by atoms with van der Waals surface area (Å²) in [6, 6.07) is 9.59. The topological polar surface area (TPSA) is 58.4 Å². The summed E-state index contributed by atoms with van der Waals surface area (Å²) in [5, 5.41) is 3.04. The van der Waals surface area contributed by atoms with Crippen LogP contribution < -0.4 is 11.1 Å². The zero-order valence-electron chi connectivity index (χ0n) is 15.2. The van der Waals surface area contributed by atoms with E-state index in [2.05, 4.69) is 17.1 Å². The van der Waals surface area contributed by atoms with Crippen molar-refractivity contribution in [3.05, 3.63) is 35.9 Å². The summed E-state index contributed by atoms with van der Waals surface area (Å²) in [6.45, 7) is 8.61. The Labute approximate surface area is 146 Å². The minimum Gasteiger partial charge on any atom is -0.356 e. The van der Waals surface area contributed by atoms with E-state index in [0.29, 0.717) is 0 Å². The van der Waals surface area contributed by atoms with E-state index in [9.17, 15) is 4.79 Å². The average molecular weight is 332 g/mol. The molecule has 4 heteroatoms. The molecule has 0 bridgehead atoms. The van der Waals surface area contributed by atoms with E-state index in [1.165, 1.54) is 25.9 Å². The Kier molecular flexibility index (Phi) is 7.73. The van der Waals surface area contributed by atoms with Crippen LogP contribution >= 0.6 is 0 Å². The molecule has 0 aromatic heterocycles. The van der Waals surface area contributed by atoms with Crippen molar-refractivity contribution in [3.8, 4) is 0 Å². The first-order valence-corrected chi connectivity index (χ1v) is 9.38. The van der Waals surface area contributed by atoms with Crippen LogP contribution in [-0.4, -0.2) is 37.0 Å². The second-order valence-corrected chi connectivity index (χ2v) is 7.27. The number of carbonyl (C=O) groups is 1. The first-order chi connectivity index (χ1) is 11.6. The van der Waals surface area contributed by atoms with Crippen molar-refractivity contribution < 1.29 is 4.79 Å². The van der Waals surface area contributed by atoms with Crippen LogP contribution in [0.1, 0.15) is 51.1 Å². The van der Waals surface area contributed by atoms with Crippen molar-refractivity contribution in [3.63, 3.8) is 0 Å². The highest BCUT2D eigenvalue weighted by Gasteiger charge is 2.21. The molecular weight excluding hydrogens is 298 g/mol. The third-order valence-corrected chi connectivity index (χ3v) is 5.08. The van der Waals surface area contributed by atoms with E-state index in [-0.39, 0.29) is 17.9 Å². The van der Waals surface area contributed by atoms with Gasteiger partial charge in [-0.25, -0.2) is 0 Å². The second kappa shape index (κ2) is 9.80. The van der Waals surface area contributed by atoms with Gasteiger partial charge in [0.05, 0.1) is 5.92 Å². The number of hydrogen-bond donors (Lipinski definition) is 2. The van der Waals surface area contributed by atoms with E-state index in [1.54, 1.807) is 0 Å². The molecule has 0 saturated carbocycles. The summed E-state index contributed by atoms with van der Waals surface area (Å²) in [5.74, 6) is 0.673. The van der Waals surface area contributed by atoms with Gasteiger partial charge >= 0.3 is 0 Å². The Bertz CT molecular complexity index is 491. The predicted octanol–water partition coefficient (Wildman–Crippen LogP) is 2.95. The number of amides is 1. The van der Waals surface area contributed by atoms with Crippen molar-refractivity contribution in [1.82, 2.24) is 10.2 Å². The average Bonchev–Trinajstić information content (AvgIpc) is 2.61. The summed E-state index contributed by atoms with van der Waals surface area (Å²) >= 11 is 0. The van der Waals surface area contributed by atoms with Crippen LogP contribution in [0.4, 0.5) is 0 Å². The molecule has 1 aliphatic heterocycles. The van der Waals surface area contributed by atoms with Crippen molar-refractivity contribution in [2.45, 2.75) is 45.6 Å². The minimum absolute atomic E-state index is 0.0537. The zero-order valence-corrected chi connectivity index (χ0v) is 15.2. The fourth-order valence-electron chi connectivity index (χ4n) is 3.45. The third-order valence-electron chi connectivity index (χ3n) is 5.08. The minimum atomic E-state index is -0.249. The van der Waals surface area contributed by atoms with Gasteiger partial charge in [-0.05, 0) is 50.3 Å². The molecular formula is C20H33N3O. The SMILES string of the molecule is CC1CCCN(CCCCNC(=O)C(C)C(N)c2ccccc2)C1. The molecule has 0 aliphatic carbocycles. The lowest BCUT2D eigenvalue weighted by molar-refractivity contribution is -0.125. The Balaban J connectivity index is 1.62. The van der Waals surface area contributed by atoms with Gasteiger partial charge < -0.3 is 16.0 Å². The van der Waals surface area contributed by atoms with E-state index < -0.39 is 0 Å². The molecule has 24 heavy (non-hydrogen) atoms. The van der Waals surface area contributed by atoms with Gasteiger partial charge in [-0.3, -0.25) is 4.79 Å². The number of likely N-dealkylation sites (tertiary alicyclic amines) is 1. The molecule has 1 fully saturated rings. The Morgan fingerprint density at radius 1 is 1.33 bits per heavy atom. The summed E-state index contributed by atoms with van der Waals surface area (Å²) < 4.78 is 0. The van der Waals surface area contributed by atoms with E-state index in [1.807, 2.05) is 37.3 Å². The highest BCUT2D eigenvalue weighted by atomic mass is 16.1. The number of nitrogens with two attached hydrogens (primary N) is 1. The lowest BCUT2D eigenvalue weighted by Crippen LogP contribution is -2.37. The van der Waals surface area contributed by atoms with Gasteiger partial charge in [-0.15, -0.1) is 0 Å². The molecule has 4 nitrogen and oxygen atoms in total. The van der Waals surface area contributed by atoms with Gasteiger partial charge in [-0.1, -0.05) is 44.2 Å². The summed E-state index contributed by atoms with van der Waals surface area (Å²) in [4.78, 5) is 14.8. The maximum absolute atomic E-state index is 12.3. The van der Waals surface area contributed by atoms with Gasteiger partial charge in [0.15, 0.2) is 0 Å². The largest absolute Gasteiger partial charge is 0.356 e. The highest BCUT2D eigenvalue weighted by molar-refractivity contribution is 5.79. The first kappa shape index (κ1) is 18.9. The van der Waals surface area contributed by atoms with Crippen LogP contribution in [0.15, 0.2) is 30.3 Å². The normalized spacial score (nSPS) is 21.2. The van der Waals surface area contributed by atoms with Gasteiger partial charge in [0, 0.05) is 19.1 Å². The fraction of sp³-hybridized carbons (Fsp3) is 0.650. The molecule has 3 unspecified atom stereocenters. The third kappa shape index (κ3) is 5.91. The molecule has 2 rings (SSSR count). The number of unbranched alkanes of at least 4 members (excludes halogenated alkanes) is 1. The van der Waals surface area contributed by atoms with Gasteiger partial charge in [0.1, 0.15) is 0 Å². The molecule has 1 heterocycles. The molecule has 1 aromatic carbocycles. The van der Waals surface area contributed by atoms with Gasteiger partial charge in [0.2, 0.25) is 5.91 Å². The number of benzene rings is 1. The standard InChI is InChI=1S/C20H33N3O/c1-16-9-8-14-23(15-16)13-7-6-12-22-20(24)17(2)19(21)18-10-4-3-5-11-18/h3-5,10-11,16-17,19H,6-9,12-15,21H2,1-2H3,(H,22,24). The molecule has 1 aliphatic rings. The number of nitrogens with one attached hydrogen (secondary N) is 1. The van der Waals surface area contributed by atoms with Crippen molar-refractivity contribution >= 4 is 5.91 Å². The summed E-state index contributed by atoms with van der Waals surface area (Å²) in [6.07, 6.45) is 4.87. The Morgan fingerprint density at radius 2 is 2.08 bits per heavy atom. The molecule has 3 atom stereocenters. The lowest BCUT2D eigenvalue weighted by Gasteiger charge is -2.30. The highest BCUT2D eigenvalue weighted by Crippen LogP contribution is 2.19. The zero-order chi connectivity index (χ0) is 17.4. The molecule has 134 valence electrons. The molecule has 3 N–H and O–H groups in total. The van der Waals surface area contributed by atoms with Crippen LogP contribution in [0.2, 0.25) is 0 Å². The van der Waals surface area contributed by atoms with Crippen molar-refractivity contribution in [1.29, 1.82) is 0 Å². The maximum atomic E-state index is 12.3. The van der Waals surface area contributed by atoms with Crippen LogP contribution in [0.25, 0.3) is 0 Å². The monoisotopic (exact) mass is 331 g/mol. The van der Waals surface area contributed by atoms with Crippen LogP contribution in [-0.2, 0) is 4.79 Å².